The summed E-state index contributed by atoms with van der Waals surface area (Å²) < 4.78 is 5.01. The summed E-state index contributed by atoms with van der Waals surface area (Å²) >= 11 is 0. The zero-order valence-electron chi connectivity index (χ0n) is 9.68. The second kappa shape index (κ2) is 7.02. The van der Waals surface area contributed by atoms with Gasteiger partial charge in [0.25, 0.3) is 5.09 Å². The van der Waals surface area contributed by atoms with Crippen LogP contribution in [0, 0.1) is 10.1 Å². The first-order chi connectivity index (χ1) is 8.13. The Hall–Kier alpha value is -1.41. The highest BCUT2D eigenvalue weighted by atomic mass is 16.9. The van der Waals surface area contributed by atoms with Crippen molar-refractivity contribution in [3.05, 3.63) is 10.1 Å². The first-order valence-electron chi connectivity index (χ1n) is 5.52. The van der Waals surface area contributed by atoms with E-state index in [4.69, 9.17) is 4.74 Å². The van der Waals surface area contributed by atoms with Gasteiger partial charge in [0, 0.05) is 0 Å². The van der Waals surface area contributed by atoms with Crippen LogP contribution >= 0.6 is 0 Å². The molecule has 0 aliphatic carbocycles. The monoisotopic (exact) mass is 247 g/mol. The molecule has 1 fully saturated rings. The standard InChI is InChI=1S/C9H17N3O5/c1-2-3-7(4-17-12(14)15)11-9(13)8-5-16-6-10-8/h7-8,10H,2-6H2,1H3,(H,11,13)/t7-,8?/m0/s1. The lowest BCUT2D eigenvalue weighted by atomic mass is 10.1. The molecule has 1 unspecified atom stereocenters. The Bertz CT molecular complexity index is 267. The molecule has 0 aromatic heterocycles. The van der Waals surface area contributed by atoms with Crippen LogP contribution in [0.15, 0.2) is 0 Å². The van der Waals surface area contributed by atoms with Crippen molar-refractivity contribution in [1.82, 2.24) is 10.6 Å². The quantitative estimate of drug-likeness (QED) is 0.461. The predicted molar refractivity (Wildman–Crippen MR) is 57.5 cm³/mol. The Labute approximate surface area is 98.7 Å². The van der Waals surface area contributed by atoms with Crippen molar-refractivity contribution in [2.24, 2.45) is 0 Å². The van der Waals surface area contributed by atoms with Gasteiger partial charge >= 0.3 is 0 Å². The van der Waals surface area contributed by atoms with Gasteiger partial charge in [-0.1, -0.05) is 13.3 Å². The fourth-order valence-corrected chi connectivity index (χ4v) is 1.56. The Balaban J connectivity index is 2.35. The molecule has 1 rings (SSSR count). The number of carbonyl (C=O) groups is 1. The Morgan fingerprint density at radius 1 is 1.76 bits per heavy atom. The van der Waals surface area contributed by atoms with Crippen LogP contribution in [0.3, 0.4) is 0 Å². The fourth-order valence-electron chi connectivity index (χ4n) is 1.56. The van der Waals surface area contributed by atoms with E-state index in [2.05, 4.69) is 15.5 Å². The third kappa shape index (κ3) is 4.96. The zero-order valence-corrected chi connectivity index (χ0v) is 9.68. The molecule has 1 amide bonds. The van der Waals surface area contributed by atoms with Gasteiger partial charge in [0.15, 0.2) is 0 Å². The van der Waals surface area contributed by atoms with E-state index < -0.39 is 5.09 Å². The molecule has 8 nitrogen and oxygen atoms in total. The Morgan fingerprint density at radius 3 is 3.06 bits per heavy atom. The van der Waals surface area contributed by atoms with E-state index in [-0.39, 0.29) is 24.6 Å². The SMILES string of the molecule is CCC[C@@H](CO[N+](=O)[O-])NC(=O)C1COCN1. The molecule has 0 spiro atoms. The van der Waals surface area contributed by atoms with E-state index in [1.807, 2.05) is 6.92 Å². The maximum absolute atomic E-state index is 11.7. The molecular formula is C9H17N3O5. The number of hydrogen-bond acceptors (Lipinski definition) is 6. The molecule has 98 valence electrons. The lowest BCUT2D eigenvalue weighted by Crippen LogP contribution is -2.48. The van der Waals surface area contributed by atoms with Gasteiger partial charge in [0.05, 0.1) is 19.4 Å². The second-order valence-corrected chi connectivity index (χ2v) is 3.79. The van der Waals surface area contributed by atoms with Crippen LogP contribution in [0.4, 0.5) is 0 Å². The maximum atomic E-state index is 11.7. The largest absolute Gasteiger partial charge is 0.364 e. The summed E-state index contributed by atoms with van der Waals surface area (Å²) in [5.74, 6) is -0.215. The van der Waals surface area contributed by atoms with Crippen molar-refractivity contribution in [2.45, 2.75) is 31.8 Å². The first kappa shape index (κ1) is 13.7. The van der Waals surface area contributed by atoms with E-state index in [0.717, 1.165) is 6.42 Å². The summed E-state index contributed by atoms with van der Waals surface area (Å²) in [5.41, 5.74) is 0. The van der Waals surface area contributed by atoms with Crippen molar-refractivity contribution in [3.8, 4) is 0 Å². The molecule has 0 radical (unpaired) electrons. The molecule has 1 aliphatic rings. The van der Waals surface area contributed by atoms with Crippen LogP contribution < -0.4 is 10.6 Å². The van der Waals surface area contributed by atoms with Gasteiger partial charge in [-0.25, -0.2) is 0 Å². The average Bonchev–Trinajstić information content (AvgIpc) is 2.79. The summed E-state index contributed by atoms with van der Waals surface area (Å²) in [6.07, 6.45) is 1.44. The number of ether oxygens (including phenoxy) is 1. The summed E-state index contributed by atoms with van der Waals surface area (Å²) in [7, 11) is 0. The summed E-state index contributed by atoms with van der Waals surface area (Å²) in [5, 5.41) is 14.8. The van der Waals surface area contributed by atoms with Crippen LogP contribution in [0.2, 0.25) is 0 Å². The average molecular weight is 247 g/mol. The van der Waals surface area contributed by atoms with Crippen LogP contribution in [0.1, 0.15) is 19.8 Å². The number of rotatable bonds is 7. The van der Waals surface area contributed by atoms with Crippen LogP contribution in [-0.4, -0.2) is 43.0 Å². The zero-order chi connectivity index (χ0) is 12.7. The molecule has 17 heavy (non-hydrogen) atoms. The summed E-state index contributed by atoms with van der Waals surface area (Å²) in [4.78, 5) is 26.1. The number of nitrogens with one attached hydrogen (secondary N) is 2. The van der Waals surface area contributed by atoms with E-state index in [9.17, 15) is 14.9 Å². The van der Waals surface area contributed by atoms with Gasteiger partial charge in [0.2, 0.25) is 5.91 Å². The topological polar surface area (TPSA) is 103 Å². The molecule has 2 N–H and O–H groups in total. The van der Waals surface area contributed by atoms with Crippen LogP contribution in [0.5, 0.6) is 0 Å². The van der Waals surface area contributed by atoms with Crippen molar-refractivity contribution >= 4 is 5.91 Å². The van der Waals surface area contributed by atoms with Crippen LogP contribution in [0.25, 0.3) is 0 Å². The third-order valence-electron chi connectivity index (χ3n) is 2.40. The molecular weight excluding hydrogens is 230 g/mol. The second-order valence-electron chi connectivity index (χ2n) is 3.79. The van der Waals surface area contributed by atoms with Gasteiger partial charge in [0.1, 0.15) is 12.6 Å². The third-order valence-corrected chi connectivity index (χ3v) is 2.40. The van der Waals surface area contributed by atoms with Gasteiger partial charge in [-0.15, -0.1) is 10.1 Å². The summed E-state index contributed by atoms with van der Waals surface area (Å²) in [6.45, 7) is 2.48. The molecule has 8 heteroatoms. The Morgan fingerprint density at radius 2 is 2.53 bits per heavy atom. The van der Waals surface area contributed by atoms with E-state index in [1.165, 1.54) is 0 Å². The minimum absolute atomic E-state index is 0.125. The lowest BCUT2D eigenvalue weighted by Gasteiger charge is -2.18. The maximum Gasteiger partial charge on any atom is 0.294 e. The van der Waals surface area contributed by atoms with Crippen molar-refractivity contribution in [3.63, 3.8) is 0 Å². The van der Waals surface area contributed by atoms with Crippen LogP contribution in [-0.2, 0) is 14.4 Å². The Kier molecular flexibility index (Phi) is 5.64. The molecule has 1 heterocycles. The summed E-state index contributed by atoms with van der Waals surface area (Å²) in [6, 6.07) is -0.731. The van der Waals surface area contributed by atoms with Crippen molar-refractivity contribution in [1.29, 1.82) is 0 Å². The molecule has 1 saturated heterocycles. The van der Waals surface area contributed by atoms with Gasteiger partial charge in [-0.05, 0) is 6.42 Å². The molecule has 1 aliphatic heterocycles. The highest BCUT2D eigenvalue weighted by Crippen LogP contribution is 2.01. The molecule has 2 atom stereocenters. The molecule has 0 saturated carbocycles. The van der Waals surface area contributed by atoms with Gasteiger partial charge < -0.3 is 14.9 Å². The van der Waals surface area contributed by atoms with Crippen molar-refractivity contribution < 1.29 is 19.5 Å². The number of nitrogens with zero attached hydrogens (tertiary/aromatic N) is 1. The van der Waals surface area contributed by atoms with Gasteiger partial charge in [-0.3, -0.25) is 10.1 Å². The van der Waals surface area contributed by atoms with E-state index in [0.29, 0.717) is 19.8 Å². The number of hydrogen-bond donors (Lipinski definition) is 2. The van der Waals surface area contributed by atoms with Crippen molar-refractivity contribution in [2.75, 3.05) is 19.9 Å². The molecule has 0 aromatic rings. The first-order valence-corrected chi connectivity index (χ1v) is 5.52. The van der Waals surface area contributed by atoms with E-state index in [1.54, 1.807) is 0 Å². The predicted octanol–water partition coefficient (Wildman–Crippen LogP) is -0.574. The van der Waals surface area contributed by atoms with E-state index >= 15 is 0 Å². The molecule has 0 bridgehead atoms. The minimum Gasteiger partial charge on any atom is -0.364 e. The smallest absolute Gasteiger partial charge is 0.294 e. The van der Waals surface area contributed by atoms with Gasteiger partial charge in [-0.2, -0.15) is 0 Å². The number of amides is 1. The highest BCUT2D eigenvalue weighted by molar-refractivity contribution is 5.82. The normalized spacial score (nSPS) is 20.9. The fraction of sp³-hybridized carbons (Fsp3) is 0.889. The number of carbonyl (C=O) groups excluding carboxylic acids is 1. The lowest BCUT2D eigenvalue weighted by molar-refractivity contribution is -0.758. The molecule has 0 aromatic carbocycles. The highest BCUT2D eigenvalue weighted by Gasteiger charge is 2.24. The minimum atomic E-state index is -0.855.